The SMILES string of the molecule is N[C@@H]1c2ccnn2CC12CCN(c1cnc(Sc3cccc(C4CC4)c3F)cn1)CC2. The largest absolute Gasteiger partial charge is 0.355 e. The van der Waals surface area contributed by atoms with E-state index in [1.165, 1.54) is 11.8 Å². The molecule has 2 aromatic heterocycles. The third kappa shape index (κ3) is 3.32. The lowest BCUT2D eigenvalue weighted by atomic mass is 9.73. The van der Waals surface area contributed by atoms with Crippen molar-refractivity contribution in [1.29, 1.82) is 0 Å². The van der Waals surface area contributed by atoms with Gasteiger partial charge in [0.2, 0.25) is 0 Å². The summed E-state index contributed by atoms with van der Waals surface area (Å²) in [4.78, 5) is 12.1. The zero-order chi connectivity index (χ0) is 21.0. The number of anilines is 1. The Labute approximate surface area is 185 Å². The molecular weight excluding hydrogens is 411 g/mol. The summed E-state index contributed by atoms with van der Waals surface area (Å²) < 4.78 is 16.8. The summed E-state index contributed by atoms with van der Waals surface area (Å²) in [6.45, 7) is 2.70. The number of hydrogen-bond acceptors (Lipinski definition) is 6. The molecule has 1 saturated carbocycles. The summed E-state index contributed by atoms with van der Waals surface area (Å²) in [5.74, 6) is 1.16. The van der Waals surface area contributed by atoms with Gasteiger partial charge in [-0.1, -0.05) is 23.9 Å². The molecule has 3 aliphatic rings. The van der Waals surface area contributed by atoms with Crippen molar-refractivity contribution in [3.8, 4) is 0 Å². The fourth-order valence-corrected chi connectivity index (χ4v) is 5.84. The first kappa shape index (κ1) is 19.3. The normalized spacial score (nSPS) is 22.1. The number of benzene rings is 1. The predicted molar refractivity (Wildman–Crippen MR) is 118 cm³/mol. The third-order valence-corrected chi connectivity index (χ3v) is 8.07. The van der Waals surface area contributed by atoms with Crippen LogP contribution >= 0.6 is 11.8 Å². The number of rotatable bonds is 4. The van der Waals surface area contributed by atoms with Crippen LogP contribution in [0.2, 0.25) is 0 Å². The number of aromatic nitrogens is 4. The minimum Gasteiger partial charge on any atom is -0.355 e. The number of nitrogens with zero attached hydrogens (tertiary/aromatic N) is 5. The van der Waals surface area contributed by atoms with Gasteiger partial charge in [-0.2, -0.15) is 5.10 Å². The van der Waals surface area contributed by atoms with Crippen molar-refractivity contribution in [3.63, 3.8) is 0 Å². The Bertz CT molecular complexity index is 1100. The van der Waals surface area contributed by atoms with Gasteiger partial charge >= 0.3 is 0 Å². The molecule has 160 valence electrons. The number of hydrogen-bond donors (Lipinski definition) is 1. The fourth-order valence-electron chi connectivity index (χ4n) is 5.05. The van der Waals surface area contributed by atoms with Crippen molar-refractivity contribution in [3.05, 3.63) is 59.9 Å². The lowest BCUT2D eigenvalue weighted by Gasteiger charge is -2.41. The van der Waals surface area contributed by atoms with E-state index in [2.05, 4.69) is 24.6 Å². The van der Waals surface area contributed by atoms with Crippen LogP contribution in [0.4, 0.5) is 10.2 Å². The highest BCUT2D eigenvalue weighted by atomic mass is 32.2. The van der Waals surface area contributed by atoms with E-state index < -0.39 is 0 Å². The molecule has 4 heterocycles. The van der Waals surface area contributed by atoms with Crippen molar-refractivity contribution in [2.45, 2.75) is 54.1 Å². The van der Waals surface area contributed by atoms with E-state index in [1.807, 2.05) is 36.7 Å². The third-order valence-electron chi connectivity index (χ3n) is 7.12. The summed E-state index contributed by atoms with van der Waals surface area (Å²) in [6.07, 6.45) is 9.59. The van der Waals surface area contributed by atoms with Crippen molar-refractivity contribution in [2.75, 3.05) is 18.0 Å². The molecule has 0 radical (unpaired) electrons. The molecule has 1 atom stereocenters. The molecule has 0 amide bonds. The molecule has 2 fully saturated rings. The van der Waals surface area contributed by atoms with Crippen LogP contribution in [-0.2, 0) is 6.54 Å². The molecular formula is C23H25FN6S. The molecule has 6 rings (SSSR count). The van der Waals surface area contributed by atoms with Gasteiger partial charge in [-0.3, -0.25) is 4.68 Å². The first-order chi connectivity index (χ1) is 15.1. The van der Waals surface area contributed by atoms with Crippen LogP contribution in [0.15, 0.2) is 52.8 Å². The Morgan fingerprint density at radius 2 is 1.94 bits per heavy atom. The van der Waals surface area contributed by atoms with Crippen LogP contribution in [0.5, 0.6) is 0 Å². The van der Waals surface area contributed by atoms with E-state index in [0.29, 0.717) is 15.8 Å². The summed E-state index contributed by atoms with van der Waals surface area (Å²) in [7, 11) is 0. The molecule has 1 aliphatic carbocycles. The van der Waals surface area contributed by atoms with Gasteiger partial charge in [0, 0.05) is 36.1 Å². The van der Waals surface area contributed by atoms with E-state index in [4.69, 9.17) is 5.73 Å². The van der Waals surface area contributed by atoms with Gasteiger partial charge in [0.1, 0.15) is 16.7 Å². The summed E-state index contributed by atoms with van der Waals surface area (Å²) >= 11 is 1.35. The van der Waals surface area contributed by atoms with E-state index in [9.17, 15) is 4.39 Å². The molecule has 8 heteroatoms. The van der Waals surface area contributed by atoms with Gasteiger partial charge < -0.3 is 10.6 Å². The molecule has 3 aromatic rings. The van der Waals surface area contributed by atoms with Crippen molar-refractivity contribution in [1.82, 2.24) is 19.7 Å². The Hall–Kier alpha value is -2.45. The quantitative estimate of drug-likeness (QED) is 0.663. The van der Waals surface area contributed by atoms with Crippen LogP contribution in [0.3, 0.4) is 0 Å². The maximum Gasteiger partial charge on any atom is 0.147 e. The summed E-state index contributed by atoms with van der Waals surface area (Å²) in [5.41, 5.74) is 8.66. The zero-order valence-electron chi connectivity index (χ0n) is 17.2. The van der Waals surface area contributed by atoms with E-state index in [0.717, 1.165) is 62.4 Å². The van der Waals surface area contributed by atoms with Gasteiger partial charge in [-0.05, 0) is 49.3 Å². The van der Waals surface area contributed by atoms with Gasteiger partial charge in [-0.15, -0.1) is 0 Å². The molecule has 6 nitrogen and oxygen atoms in total. The standard InChI is InChI=1S/C23H25FN6S/c24-21-16(15-4-5-15)2-1-3-18(21)31-20-13-26-19(12-27-20)29-10-7-23(8-11-29)14-30-17(22(23)25)6-9-28-30/h1-3,6,9,12-13,15,22H,4-5,7-8,10-11,14,25H2/t22-/m1/s1. The molecule has 2 aliphatic heterocycles. The van der Waals surface area contributed by atoms with E-state index in [1.54, 1.807) is 6.20 Å². The predicted octanol–water partition coefficient (Wildman–Crippen LogP) is 4.14. The second kappa shape index (κ2) is 7.31. The van der Waals surface area contributed by atoms with E-state index >= 15 is 0 Å². The lowest BCUT2D eigenvalue weighted by Crippen LogP contribution is -2.45. The highest BCUT2D eigenvalue weighted by Crippen LogP contribution is 2.48. The van der Waals surface area contributed by atoms with Gasteiger partial charge in [0.25, 0.3) is 0 Å². The highest BCUT2D eigenvalue weighted by Gasteiger charge is 2.47. The van der Waals surface area contributed by atoms with Crippen molar-refractivity contribution in [2.24, 2.45) is 11.1 Å². The lowest BCUT2D eigenvalue weighted by molar-refractivity contribution is 0.170. The number of fused-ring (bicyclic) bond motifs is 1. The Morgan fingerprint density at radius 1 is 1.10 bits per heavy atom. The zero-order valence-corrected chi connectivity index (χ0v) is 18.1. The van der Waals surface area contributed by atoms with Crippen LogP contribution in [0, 0.1) is 11.2 Å². The molecule has 1 saturated heterocycles. The second-order valence-corrected chi connectivity index (χ2v) is 10.1. The Morgan fingerprint density at radius 3 is 2.65 bits per heavy atom. The molecule has 31 heavy (non-hydrogen) atoms. The monoisotopic (exact) mass is 436 g/mol. The first-order valence-electron chi connectivity index (χ1n) is 10.9. The Kier molecular flexibility index (Phi) is 4.54. The average Bonchev–Trinajstić information content (AvgIpc) is 3.48. The van der Waals surface area contributed by atoms with E-state index in [-0.39, 0.29) is 17.3 Å². The first-order valence-corrected chi connectivity index (χ1v) is 11.8. The maximum atomic E-state index is 14.8. The van der Waals surface area contributed by atoms with Crippen LogP contribution in [0.25, 0.3) is 0 Å². The molecule has 1 spiro atoms. The summed E-state index contributed by atoms with van der Waals surface area (Å²) in [6, 6.07) is 7.74. The van der Waals surface area contributed by atoms with Gasteiger partial charge in [0.15, 0.2) is 0 Å². The minimum absolute atomic E-state index is 0.0447. The van der Waals surface area contributed by atoms with Gasteiger partial charge in [0.05, 0.1) is 24.1 Å². The van der Waals surface area contributed by atoms with Crippen LogP contribution in [0.1, 0.15) is 48.9 Å². The van der Waals surface area contributed by atoms with Crippen LogP contribution in [-0.4, -0.2) is 32.8 Å². The molecule has 2 N–H and O–H groups in total. The average molecular weight is 437 g/mol. The fraction of sp³-hybridized carbons (Fsp3) is 0.435. The van der Waals surface area contributed by atoms with Crippen molar-refractivity contribution < 1.29 is 4.39 Å². The minimum atomic E-state index is -0.102. The highest BCUT2D eigenvalue weighted by molar-refractivity contribution is 7.99. The summed E-state index contributed by atoms with van der Waals surface area (Å²) in [5, 5.41) is 5.13. The number of nitrogens with two attached hydrogens (primary N) is 1. The topological polar surface area (TPSA) is 72.9 Å². The maximum absolute atomic E-state index is 14.8. The van der Waals surface area contributed by atoms with Crippen molar-refractivity contribution >= 4 is 17.6 Å². The number of piperidine rings is 1. The van der Waals surface area contributed by atoms with Gasteiger partial charge in [-0.25, -0.2) is 14.4 Å². The second-order valence-electron chi connectivity index (χ2n) is 8.99. The molecule has 0 unspecified atom stereocenters. The smallest absolute Gasteiger partial charge is 0.147 e. The molecule has 1 aromatic carbocycles. The van der Waals surface area contributed by atoms with Crippen LogP contribution < -0.4 is 10.6 Å². The number of halogens is 1. The Balaban J connectivity index is 1.12. The molecule has 0 bridgehead atoms.